The second-order valence-corrected chi connectivity index (χ2v) is 9.50. The number of benzene rings is 1. The van der Waals surface area contributed by atoms with Crippen LogP contribution in [0.2, 0.25) is 0 Å². The highest BCUT2D eigenvalue weighted by molar-refractivity contribution is 6.03. The van der Waals surface area contributed by atoms with Gasteiger partial charge < -0.3 is 30.1 Å². The van der Waals surface area contributed by atoms with Gasteiger partial charge in [0.1, 0.15) is 17.4 Å². The molecular formula is C24H33N3O6. The highest BCUT2D eigenvalue weighted by Gasteiger charge is 2.79. The summed E-state index contributed by atoms with van der Waals surface area (Å²) in [6.45, 7) is 4.21. The first kappa shape index (κ1) is 23.5. The van der Waals surface area contributed by atoms with Crippen molar-refractivity contribution in [2.45, 2.75) is 50.4 Å². The van der Waals surface area contributed by atoms with E-state index in [0.29, 0.717) is 37.2 Å². The summed E-state index contributed by atoms with van der Waals surface area (Å²) in [5.41, 5.74) is -1.31. The highest BCUT2D eigenvalue weighted by atomic mass is 16.5. The highest BCUT2D eigenvalue weighted by Crippen LogP contribution is 2.65. The van der Waals surface area contributed by atoms with Crippen LogP contribution in [0.5, 0.6) is 5.75 Å². The van der Waals surface area contributed by atoms with Crippen LogP contribution in [-0.2, 0) is 19.1 Å². The van der Waals surface area contributed by atoms with Crippen LogP contribution in [0.25, 0.3) is 0 Å². The van der Waals surface area contributed by atoms with Crippen molar-refractivity contribution >= 4 is 23.4 Å². The largest absolute Gasteiger partial charge is 0.497 e. The molecular weight excluding hydrogens is 426 g/mol. The molecule has 0 aromatic heterocycles. The number of aliphatic hydroxyl groups excluding tert-OH is 1. The van der Waals surface area contributed by atoms with E-state index < -0.39 is 29.1 Å². The van der Waals surface area contributed by atoms with Gasteiger partial charge in [-0.05, 0) is 56.4 Å². The molecule has 1 spiro atoms. The summed E-state index contributed by atoms with van der Waals surface area (Å²) in [5.74, 6) is -1.53. The molecule has 1 aromatic rings. The van der Waals surface area contributed by atoms with Crippen LogP contribution in [0, 0.1) is 17.8 Å². The van der Waals surface area contributed by atoms with E-state index in [0.717, 1.165) is 0 Å². The zero-order valence-electron chi connectivity index (χ0n) is 19.6. The number of aliphatic hydroxyl groups is 1. The Morgan fingerprint density at radius 1 is 1.24 bits per heavy atom. The topological polar surface area (TPSA) is 117 Å². The monoisotopic (exact) mass is 459 g/mol. The third kappa shape index (κ3) is 3.49. The minimum atomic E-state index is -1.07. The number of likely N-dealkylation sites (tertiary alicyclic amines) is 1. The van der Waals surface area contributed by atoms with E-state index in [1.165, 1.54) is 0 Å². The molecule has 3 fully saturated rings. The van der Waals surface area contributed by atoms with Crippen molar-refractivity contribution in [3.8, 4) is 5.75 Å². The Labute approximate surface area is 193 Å². The Morgan fingerprint density at radius 2 is 1.94 bits per heavy atom. The fourth-order valence-electron chi connectivity index (χ4n) is 6.11. The van der Waals surface area contributed by atoms with Crippen molar-refractivity contribution in [3.05, 3.63) is 24.3 Å². The fourth-order valence-corrected chi connectivity index (χ4v) is 6.11. The number of rotatable bonds is 8. The van der Waals surface area contributed by atoms with E-state index in [-0.39, 0.29) is 30.2 Å². The molecule has 3 aliphatic heterocycles. The molecule has 3 saturated heterocycles. The van der Waals surface area contributed by atoms with Crippen LogP contribution in [0.1, 0.15) is 33.1 Å². The molecule has 3 unspecified atom stereocenters. The zero-order chi connectivity index (χ0) is 24.0. The maximum Gasteiger partial charge on any atom is 0.250 e. The second-order valence-electron chi connectivity index (χ2n) is 9.50. The zero-order valence-corrected chi connectivity index (χ0v) is 19.6. The van der Waals surface area contributed by atoms with Gasteiger partial charge in [0.15, 0.2) is 0 Å². The number of hydrogen-bond acceptors (Lipinski definition) is 6. The van der Waals surface area contributed by atoms with Crippen molar-refractivity contribution in [1.82, 2.24) is 10.2 Å². The molecule has 1 aromatic carbocycles. The number of ether oxygens (including phenoxy) is 2. The van der Waals surface area contributed by atoms with Gasteiger partial charge in [-0.25, -0.2) is 0 Å². The molecule has 33 heavy (non-hydrogen) atoms. The lowest BCUT2D eigenvalue weighted by atomic mass is 9.62. The Balaban J connectivity index is 1.71. The number of carbonyl (C=O) groups excluding carboxylic acids is 3. The molecule has 9 heteroatoms. The van der Waals surface area contributed by atoms with Crippen molar-refractivity contribution in [1.29, 1.82) is 0 Å². The summed E-state index contributed by atoms with van der Waals surface area (Å²) < 4.78 is 11.8. The number of amides is 3. The molecule has 6 atom stereocenters. The lowest BCUT2D eigenvalue weighted by Gasteiger charge is -2.36. The number of nitrogens with zero attached hydrogens (tertiary/aromatic N) is 1. The molecule has 4 rings (SSSR count). The molecule has 0 aliphatic carbocycles. The minimum absolute atomic E-state index is 0.00229. The van der Waals surface area contributed by atoms with Gasteiger partial charge in [-0.3, -0.25) is 14.4 Å². The number of hydrogen-bond donors (Lipinski definition) is 3. The van der Waals surface area contributed by atoms with Crippen LogP contribution >= 0.6 is 0 Å². The number of unbranched alkanes of at least 4 members (excludes halogenated alkanes) is 1. The van der Waals surface area contributed by atoms with Crippen LogP contribution in [0.4, 0.5) is 5.69 Å². The maximum absolute atomic E-state index is 13.7. The summed E-state index contributed by atoms with van der Waals surface area (Å²) in [6, 6.07) is 6.11. The maximum atomic E-state index is 13.7. The number of nitrogens with one attached hydrogen (secondary N) is 2. The first-order chi connectivity index (χ1) is 15.7. The van der Waals surface area contributed by atoms with Gasteiger partial charge in [0.2, 0.25) is 17.7 Å². The van der Waals surface area contributed by atoms with Gasteiger partial charge in [0, 0.05) is 25.9 Å². The summed E-state index contributed by atoms with van der Waals surface area (Å²) in [5, 5.41) is 14.9. The molecule has 3 amide bonds. The van der Waals surface area contributed by atoms with E-state index in [1.54, 1.807) is 43.3 Å². The average Bonchev–Trinajstić information content (AvgIpc) is 3.31. The van der Waals surface area contributed by atoms with Crippen LogP contribution in [0.3, 0.4) is 0 Å². The summed E-state index contributed by atoms with van der Waals surface area (Å²) >= 11 is 0. The summed E-state index contributed by atoms with van der Waals surface area (Å²) in [6.07, 6.45) is 1.58. The number of carbonyl (C=O) groups is 3. The second kappa shape index (κ2) is 8.61. The van der Waals surface area contributed by atoms with Crippen LogP contribution < -0.4 is 15.4 Å². The van der Waals surface area contributed by atoms with E-state index in [1.807, 2.05) is 13.8 Å². The fraction of sp³-hybridized carbons (Fsp3) is 0.625. The predicted molar refractivity (Wildman–Crippen MR) is 120 cm³/mol. The summed E-state index contributed by atoms with van der Waals surface area (Å²) in [7, 11) is 3.13. The van der Waals surface area contributed by atoms with Crippen molar-refractivity contribution in [2.75, 3.05) is 32.6 Å². The predicted octanol–water partition coefficient (Wildman–Crippen LogP) is 1.16. The standard InChI is InChI=1S/C24H33N3O6/c1-14-13-24-18(17(20(29)25-3)23(14,2)33-24)22(31)27(11-5-6-12-28)19(24)21(30)26-15-7-9-16(32-4)10-8-15/h7-10,14,17-19,28H,5-6,11-13H2,1-4H3,(H,25,29)(H,26,30)/t14?,17-,18-,19?,23+,24?/m0/s1. The van der Waals surface area contributed by atoms with Crippen LogP contribution in [0.15, 0.2) is 24.3 Å². The number of methoxy groups -OCH3 is 1. The average molecular weight is 460 g/mol. The Bertz CT molecular complexity index is 937. The Kier molecular flexibility index (Phi) is 6.13. The minimum Gasteiger partial charge on any atom is -0.497 e. The smallest absolute Gasteiger partial charge is 0.250 e. The van der Waals surface area contributed by atoms with Gasteiger partial charge in [0.25, 0.3) is 0 Å². The van der Waals surface area contributed by atoms with E-state index in [2.05, 4.69) is 10.6 Å². The number of anilines is 1. The van der Waals surface area contributed by atoms with Gasteiger partial charge in [-0.1, -0.05) is 6.92 Å². The van der Waals surface area contributed by atoms with Gasteiger partial charge in [-0.15, -0.1) is 0 Å². The van der Waals surface area contributed by atoms with Crippen molar-refractivity contribution < 1.29 is 29.0 Å². The van der Waals surface area contributed by atoms with Crippen LogP contribution in [-0.4, -0.2) is 72.3 Å². The molecule has 3 heterocycles. The third-order valence-corrected chi connectivity index (χ3v) is 7.76. The Hall–Kier alpha value is -2.65. The first-order valence-electron chi connectivity index (χ1n) is 11.5. The normalized spacial score (nSPS) is 34.3. The van der Waals surface area contributed by atoms with Crippen molar-refractivity contribution in [2.24, 2.45) is 17.8 Å². The number of fused-ring (bicyclic) bond motifs is 1. The van der Waals surface area contributed by atoms with E-state index in [9.17, 15) is 19.5 Å². The lowest BCUT2D eigenvalue weighted by Crippen LogP contribution is -2.54. The third-order valence-electron chi connectivity index (χ3n) is 7.76. The van der Waals surface area contributed by atoms with Gasteiger partial charge in [0.05, 0.1) is 24.5 Å². The quantitative estimate of drug-likeness (QED) is 0.503. The molecule has 0 radical (unpaired) electrons. The molecule has 180 valence electrons. The molecule has 3 aliphatic rings. The molecule has 9 nitrogen and oxygen atoms in total. The van der Waals surface area contributed by atoms with E-state index >= 15 is 0 Å². The molecule has 0 saturated carbocycles. The van der Waals surface area contributed by atoms with E-state index in [4.69, 9.17) is 9.47 Å². The van der Waals surface area contributed by atoms with Gasteiger partial charge >= 0.3 is 0 Å². The molecule has 2 bridgehead atoms. The summed E-state index contributed by atoms with van der Waals surface area (Å²) in [4.78, 5) is 41.9. The lowest BCUT2D eigenvalue weighted by molar-refractivity contribution is -0.146. The first-order valence-corrected chi connectivity index (χ1v) is 11.5. The Morgan fingerprint density at radius 3 is 2.55 bits per heavy atom. The SMILES string of the molecule is CNC(=O)[C@@H]1[C@H]2C(=O)N(CCCCO)C(C(=O)Nc3ccc(OC)cc3)C23CC(C)[C@@]1(C)O3. The molecule has 3 N–H and O–H groups in total. The van der Waals surface area contributed by atoms with Crippen molar-refractivity contribution in [3.63, 3.8) is 0 Å². The van der Waals surface area contributed by atoms with Gasteiger partial charge in [-0.2, -0.15) is 0 Å².